The molecule has 0 bridgehead atoms. The Balaban J connectivity index is 2.13. The second kappa shape index (κ2) is 4.87. The number of fused-ring (bicyclic) bond motifs is 1. The van der Waals surface area contributed by atoms with Crippen molar-refractivity contribution in [1.29, 1.82) is 0 Å². The first kappa shape index (κ1) is 13.1. The molecule has 1 heterocycles. The lowest BCUT2D eigenvalue weighted by Crippen LogP contribution is -2.02. The summed E-state index contributed by atoms with van der Waals surface area (Å²) in [7, 11) is 0. The molecule has 0 saturated carbocycles. The zero-order valence-electron chi connectivity index (χ0n) is 10.7. The standard InChI is InChI=1S/C16H11BrFNO/c1-9-6-10(17)2-4-12(9)16(20)14-8-19-15-7-11(18)3-5-13(14)15/h2-8,19H,1H3. The molecule has 0 aliphatic rings. The number of rotatable bonds is 2. The van der Waals surface area contributed by atoms with E-state index in [1.807, 2.05) is 19.1 Å². The first-order chi connectivity index (χ1) is 9.56. The molecule has 0 spiro atoms. The number of halogens is 2. The molecule has 0 radical (unpaired) electrons. The van der Waals surface area contributed by atoms with Crippen LogP contribution in [0.15, 0.2) is 47.1 Å². The number of ketones is 1. The Morgan fingerprint density at radius 2 is 1.95 bits per heavy atom. The Kier molecular flexibility index (Phi) is 3.18. The summed E-state index contributed by atoms with van der Waals surface area (Å²) in [5, 5.41) is 0.735. The van der Waals surface area contributed by atoms with Crippen LogP contribution in [-0.4, -0.2) is 10.8 Å². The van der Waals surface area contributed by atoms with E-state index in [9.17, 15) is 9.18 Å². The Hall–Kier alpha value is -1.94. The average molecular weight is 332 g/mol. The van der Waals surface area contributed by atoms with Gasteiger partial charge in [0, 0.05) is 32.7 Å². The third kappa shape index (κ3) is 2.16. The summed E-state index contributed by atoms with van der Waals surface area (Å²) in [5.74, 6) is -0.383. The van der Waals surface area contributed by atoms with Gasteiger partial charge in [0.2, 0.25) is 0 Å². The van der Waals surface area contributed by atoms with Crippen molar-refractivity contribution in [3.8, 4) is 0 Å². The van der Waals surface area contributed by atoms with E-state index in [-0.39, 0.29) is 11.6 Å². The van der Waals surface area contributed by atoms with Crippen molar-refractivity contribution in [3.05, 3.63) is 69.6 Å². The molecular formula is C16H11BrFNO. The monoisotopic (exact) mass is 331 g/mol. The van der Waals surface area contributed by atoms with Crippen LogP contribution in [-0.2, 0) is 0 Å². The lowest BCUT2D eigenvalue weighted by molar-refractivity contribution is 0.103. The van der Waals surface area contributed by atoms with Crippen LogP contribution in [0.3, 0.4) is 0 Å². The highest BCUT2D eigenvalue weighted by atomic mass is 79.9. The van der Waals surface area contributed by atoms with E-state index in [2.05, 4.69) is 20.9 Å². The van der Waals surface area contributed by atoms with Crippen LogP contribution >= 0.6 is 15.9 Å². The maximum atomic E-state index is 13.2. The van der Waals surface area contributed by atoms with Gasteiger partial charge in [-0.05, 0) is 48.9 Å². The molecule has 0 fully saturated rings. The minimum Gasteiger partial charge on any atom is -0.360 e. The second-order valence-electron chi connectivity index (χ2n) is 4.68. The fourth-order valence-corrected chi connectivity index (χ4v) is 2.79. The maximum absolute atomic E-state index is 13.2. The van der Waals surface area contributed by atoms with Gasteiger partial charge in [-0.25, -0.2) is 4.39 Å². The van der Waals surface area contributed by atoms with E-state index in [1.165, 1.54) is 12.1 Å². The molecule has 4 heteroatoms. The van der Waals surface area contributed by atoms with Gasteiger partial charge in [0.25, 0.3) is 0 Å². The number of benzene rings is 2. The van der Waals surface area contributed by atoms with Gasteiger partial charge >= 0.3 is 0 Å². The highest BCUT2D eigenvalue weighted by Crippen LogP contribution is 2.24. The molecule has 0 atom stereocenters. The van der Waals surface area contributed by atoms with Crippen molar-refractivity contribution in [2.45, 2.75) is 6.92 Å². The van der Waals surface area contributed by atoms with Crippen LogP contribution in [0, 0.1) is 12.7 Å². The first-order valence-electron chi connectivity index (χ1n) is 6.14. The number of aryl methyl sites for hydroxylation is 1. The lowest BCUT2D eigenvalue weighted by Gasteiger charge is -2.04. The van der Waals surface area contributed by atoms with Gasteiger partial charge in [-0.2, -0.15) is 0 Å². The van der Waals surface area contributed by atoms with E-state index in [0.717, 1.165) is 15.4 Å². The smallest absolute Gasteiger partial charge is 0.195 e. The number of hydrogen-bond donors (Lipinski definition) is 1. The van der Waals surface area contributed by atoms with Crippen LogP contribution in [0.2, 0.25) is 0 Å². The Labute approximate surface area is 123 Å². The summed E-state index contributed by atoms with van der Waals surface area (Å²) in [5.41, 5.74) is 2.74. The second-order valence-corrected chi connectivity index (χ2v) is 5.60. The van der Waals surface area contributed by atoms with Gasteiger partial charge in [-0.15, -0.1) is 0 Å². The van der Waals surface area contributed by atoms with E-state index in [1.54, 1.807) is 18.3 Å². The third-order valence-electron chi connectivity index (χ3n) is 3.32. The molecule has 1 N–H and O–H groups in total. The molecule has 0 unspecified atom stereocenters. The molecule has 1 aromatic heterocycles. The molecule has 2 nitrogen and oxygen atoms in total. The molecule has 3 rings (SSSR count). The zero-order valence-corrected chi connectivity index (χ0v) is 12.3. The highest BCUT2D eigenvalue weighted by Gasteiger charge is 2.16. The number of carbonyl (C=O) groups excluding carboxylic acids is 1. The molecule has 2 aromatic carbocycles. The number of hydrogen-bond acceptors (Lipinski definition) is 1. The van der Waals surface area contributed by atoms with E-state index >= 15 is 0 Å². The average Bonchev–Trinajstić information content (AvgIpc) is 2.80. The summed E-state index contributed by atoms with van der Waals surface area (Å²) in [4.78, 5) is 15.5. The Morgan fingerprint density at radius 3 is 2.70 bits per heavy atom. The lowest BCUT2D eigenvalue weighted by atomic mass is 9.99. The molecule has 0 aliphatic heterocycles. The van der Waals surface area contributed by atoms with Crippen LogP contribution in [0.5, 0.6) is 0 Å². The minimum atomic E-state index is -0.321. The predicted molar refractivity (Wildman–Crippen MR) is 80.6 cm³/mol. The fraction of sp³-hybridized carbons (Fsp3) is 0.0625. The molecule has 0 saturated heterocycles. The summed E-state index contributed by atoms with van der Waals surface area (Å²) >= 11 is 3.38. The number of carbonyl (C=O) groups is 1. The Morgan fingerprint density at radius 1 is 1.15 bits per heavy atom. The number of nitrogens with one attached hydrogen (secondary N) is 1. The van der Waals surface area contributed by atoms with Crippen molar-refractivity contribution in [1.82, 2.24) is 4.98 Å². The van der Waals surface area contributed by atoms with Crippen LogP contribution in [0.4, 0.5) is 4.39 Å². The third-order valence-corrected chi connectivity index (χ3v) is 3.81. The van der Waals surface area contributed by atoms with Gasteiger partial charge in [0.1, 0.15) is 5.82 Å². The van der Waals surface area contributed by atoms with E-state index in [0.29, 0.717) is 16.6 Å². The molecule has 3 aromatic rings. The number of aromatic nitrogens is 1. The van der Waals surface area contributed by atoms with E-state index < -0.39 is 0 Å². The van der Waals surface area contributed by atoms with Crippen molar-refractivity contribution in [2.75, 3.05) is 0 Å². The van der Waals surface area contributed by atoms with Gasteiger partial charge in [-0.1, -0.05) is 15.9 Å². The number of aromatic amines is 1. The fourth-order valence-electron chi connectivity index (χ4n) is 2.31. The topological polar surface area (TPSA) is 32.9 Å². The summed E-state index contributed by atoms with van der Waals surface area (Å²) in [6.45, 7) is 1.90. The SMILES string of the molecule is Cc1cc(Br)ccc1C(=O)c1c[nH]c2cc(F)ccc12. The van der Waals surface area contributed by atoms with Crippen LogP contribution < -0.4 is 0 Å². The normalized spacial score (nSPS) is 10.9. The van der Waals surface area contributed by atoms with Crippen molar-refractivity contribution in [2.24, 2.45) is 0 Å². The van der Waals surface area contributed by atoms with E-state index in [4.69, 9.17) is 0 Å². The molecule has 100 valence electrons. The quantitative estimate of drug-likeness (QED) is 0.683. The van der Waals surface area contributed by atoms with Gasteiger partial charge in [0.15, 0.2) is 5.78 Å². The number of H-pyrrole nitrogens is 1. The predicted octanol–water partition coefficient (Wildman–Crippen LogP) is 4.61. The zero-order chi connectivity index (χ0) is 14.3. The van der Waals surface area contributed by atoms with Gasteiger partial charge in [0.05, 0.1) is 0 Å². The van der Waals surface area contributed by atoms with Crippen LogP contribution in [0.25, 0.3) is 10.9 Å². The molecule has 0 amide bonds. The van der Waals surface area contributed by atoms with Crippen molar-refractivity contribution >= 4 is 32.6 Å². The molecule has 0 aliphatic carbocycles. The highest BCUT2D eigenvalue weighted by molar-refractivity contribution is 9.10. The van der Waals surface area contributed by atoms with Crippen LogP contribution in [0.1, 0.15) is 21.5 Å². The summed E-state index contributed by atoms with van der Waals surface area (Å²) < 4.78 is 14.1. The summed E-state index contributed by atoms with van der Waals surface area (Å²) in [6.07, 6.45) is 1.63. The van der Waals surface area contributed by atoms with Gasteiger partial charge < -0.3 is 4.98 Å². The maximum Gasteiger partial charge on any atom is 0.195 e. The Bertz CT molecular complexity index is 822. The van der Waals surface area contributed by atoms with Gasteiger partial charge in [-0.3, -0.25) is 4.79 Å². The first-order valence-corrected chi connectivity index (χ1v) is 6.93. The van der Waals surface area contributed by atoms with Crippen molar-refractivity contribution in [3.63, 3.8) is 0 Å². The summed E-state index contributed by atoms with van der Waals surface area (Å²) in [6, 6.07) is 9.92. The molecule has 20 heavy (non-hydrogen) atoms. The van der Waals surface area contributed by atoms with Crippen molar-refractivity contribution < 1.29 is 9.18 Å². The minimum absolute atomic E-state index is 0.0622. The molecular weight excluding hydrogens is 321 g/mol. The largest absolute Gasteiger partial charge is 0.360 e.